The number of carbonyl (C=O) groups is 1. The average molecular weight is 269 g/mol. The van der Waals surface area contributed by atoms with Crippen molar-refractivity contribution in [3.63, 3.8) is 0 Å². The van der Waals surface area contributed by atoms with Gasteiger partial charge in [0, 0.05) is 0 Å². The monoisotopic (exact) mass is 269 g/mol. The minimum Gasteiger partial charge on any atom is -0.481 e. The topological polar surface area (TPSA) is 83.5 Å². The van der Waals surface area contributed by atoms with E-state index in [-0.39, 0.29) is 0 Å². The van der Waals surface area contributed by atoms with Gasteiger partial charge in [-0.3, -0.25) is 9.52 Å². The molecule has 0 saturated heterocycles. The fourth-order valence-corrected chi connectivity index (χ4v) is 2.90. The van der Waals surface area contributed by atoms with Crippen LogP contribution in [-0.4, -0.2) is 25.7 Å². The quantitative estimate of drug-likeness (QED) is 0.869. The van der Waals surface area contributed by atoms with E-state index in [1.807, 2.05) is 0 Å². The normalized spacial score (nSPS) is 17.8. The van der Waals surface area contributed by atoms with Gasteiger partial charge >= 0.3 is 5.97 Å². The van der Waals surface area contributed by atoms with Crippen LogP contribution in [0.1, 0.15) is 24.8 Å². The van der Waals surface area contributed by atoms with Gasteiger partial charge in [0.05, 0.1) is 17.4 Å². The number of carboxylic acids is 1. The number of rotatable bonds is 4. The smallest absolute Gasteiger partial charge is 0.314 e. The molecule has 1 fully saturated rings. The molecule has 0 spiro atoms. The Morgan fingerprint density at radius 3 is 2.39 bits per heavy atom. The number of sulfonamides is 1. The SMILES string of the molecule is CS(=O)(=O)Nc1ccccc1C1(C(=O)O)CCC1. The number of benzene rings is 1. The first-order valence-electron chi connectivity index (χ1n) is 5.66. The van der Waals surface area contributed by atoms with Crippen LogP contribution in [0.3, 0.4) is 0 Å². The molecule has 1 aliphatic rings. The maximum Gasteiger partial charge on any atom is 0.314 e. The summed E-state index contributed by atoms with van der Waals surface area (Å²) in [5, 5.41) is 9.38. The number of anilines is 1. The summed E-state index contributed by atoms with van der Waals surface area (Å²) in [6, 6.07) is 6.69. The van der Waals surface area contributed by atoms with Crippen LogP contribution < -0.4 is 4.72 Å². The van der Waals surface area contributed by atoms with Gasteiger partial charge in [0.1, 0.15) is 0 Å². The molecule has 0 bridgehead atoms. The van der Waals surface area contributed by atoms with E-state index in [4.69, 9.17) is 0 Å². The molecule has 0 heterocycles. The maximum absolute atomic E-state index is 11.4. The second kappa shape index (κ2) is 4.28. The summed E-state index contributed by atoms with van der Waals surface area (Å²) < 4.78 is 25.0. The average Bonchev–Trinajstić information content (AvgIpc) is 2.15. The van der Waals surface area contributed by atoms with Gasteiger partial charge in [-0.05, 0) is 24.5 Å². The van der Waals surface area contributed by atoms with Crippen molar-refractivity contribution in [1.29, 1.82) is 0 Å². The van der Waals surface area contributed by atoms with Crippen molar-refractivity contribution in [1.82, 2.24) is 0 Å². The second-order valence-electron chi connectivity index (χ2n) is 4.66. The summed E-state index contributed by atoms with van der Waals surface area (Å²) in [6.45, 7) is 0. The Labute approximate surface area is 106 Å². The molecule has 0 aromatic heterocycles. The maximum atomic E-state index is 11.4. The van der Waals surface area contributed by atoms with E-state index in [1.165, 1.54) is 0 Å². The van der Waals surface area contributed by atoms with Gasteiger partial charge in [-0.1, -0.05) is 24.6 Å². The molecule has 0 unspecified atom stereocenters. The van der Waals surface area contributed by atoms with Gasteiger partial charge < -0.3 is 5.11 Å². The Bertz CT molecular complexity index is 575. The van der Waals surface area contributed by atoms with Gasteiger partial charge in [0.2, 0.25) is 10.0 Å². The number of nitrogens with one attached hydrogen (secondary N) is 1. The van der Waals surface area contributed by atoms with Crippen LogP contribution in [-0.2, 0) is 20.2 Å². The molecular formula is C12H15NO4S. The number of carboxylic acid groups (broad SMARTS) is 1. The Morgan fingerprint density at radius 2 is 1.94 bits per heavy atom. The first-order chi connectivity index (χ1) is 8.35. The van der Waals surface area contributed by atoms with Crippen molar-refractivity contribution < 1.29 is 18.3 Å². The summed E-state index contributed by atoms with van der Waals surface area (Å²) in [5.41, 5.74) is -0.0230. The lowest BCUT2D eigenvalue weighted by Crippen LogP contribution is -2.43. The van der Waals surface area contributed by atoms with Gasteiger partial charge in [0.25, 0.3) is 0 Å². The van der Waals surface area contributed by atoms with E-state index < -0.39 is 21.4 Å². The van der Waals surface area contributed by atoms with Crippen molar-refractivity contribution in [2.75, 3.05) is 11.0 Å². The first-order valence-corrected chi connectivity index (χ1v) is 7.55. The van der Waals surface area contributed by atoms with Gasteiger partial charge in [0.15, 0.2) is 0 Å². The van der Waals surface area contributed by atoms with E-state index in [0.29, 0.717) is 24.1 Å². The summed E-state index contributed by atoms with van der Waals surface area (Å²) >= 11 is 0. The molecule has 0 amide bonds. The first kappa shape index (κ1) is 12.9. The third kappa shape index (κ3) is 2.20. The van der Waals surface area contributed by atoms with Crippen LogP contribution >= 0.6 is 0 Å². The van der Waals surface area contributed by atoms with Crippen LogP contribution in [0, 0.1) is 0 Å². The zero-order valence-corrected chi connectivity index (χ0v) is 10.8. The molecule has 98 valence electrons. The van der Waals surface area contributed by atoms with Crippen molar-refractivity contribution >= 4 is 21.7 Å². The minimum absolute atomic E-state index is 0.363. The van der Waals surface area contributed by atoms with Crippen molar-refractivity contribution in [2.45, 2.75) is 24.7 Å². The van der Waals surface area contributed by atoms with E-state index in [9.17, 15) is 18.3 Å². The number of hydrogen-bond donors (Lipinski definition) is 2. The van der Waals surface area contributed by atoms with Crippen LogP contribution in [0.25, 0.3) is 0 Å². The Kier molecular flexibility index (Phi) is 3.06. The molecule has 2 rings (SSSR count). The standard InChI is InChI=1S/C12H15NO4S/c1-18(16,17)13-10-6-3-2-5-9(10)12(11(14)15)7-4-8-12/h2-3,5-6,13H,4,7-8H2,1H3,(H,14,15). The number of para-hydroxylation sites is 1. The highest BCUT2D eigenvalue weighted by atomic mass is 32.2. The summed E-state index contributed by atoms with van der Waals surface area (Å²) in [4.78, 5) is 11.4. The zero-order chi connectivity index (χ0) is 13.4. The molecule has 6 heteroatoms. The third-order valence-corrected chi connectivity index (χ3v) is 3.95. The Hall–Kier alpha value is -1.56. The highest BCUT2D eigenvalue weighted by molar-refractivity contribution is 7.92. The lowest BCUT2D eigenvalue weighted by atomic mass is 9.64. The van der Waals surface area contributed by atoms with E-state index in [2.05, 4.69) is 4.72 Å². The zero-order valence-electron chi connectivity index (χ0n) is 10.0. The second-order valence-corrected chi connectivity index (χ2v) is 6.41. The van der Waals surface area contributed by atoms with Gasteiger partial charge in [-0.15, -0.1) is 0 Å². The molecule has 0 aliphatic heterocycles. The van der Waals surface area contributed by atoms with Crippen LogP contribution in [0.2, 0.25) is 0 Å². The lowest BCUT2D eigenvalue weighted by molar-refractivity contribution is -0.147. The van der Waals surface area contributed by atoms with Gasteiger partial charge in [-0.25, -0.2) is 8.42 Å². The molecule has 2 N–H and O–H groups in total. The molecule has 1 aliphatic carbocycles. The van der Waals surface area contributed by atoms with Crippen molar-refractivity contribution in [3.8, 4) is 0 Å². The molecular weight excluding hydrogens is 254 g/mol. The molecule has 5 nitrogen and oxygen atoms in total. The molecule has 0 radical (unpaired) electrons. The minimum atomic E-state index is -3.41. The Balaban J connectivity index is 2.48. The van der Waals surface area contributed by atoms with Crippen LogP contribution in [0.4, 0.5) is 5.69 Å². The number of hydrogen-bond acceptors (Lipinski definition) is 3. The third-order valence-electron chi connectivity index (χ3n) is 3.35. The molecule has 1 aromatic rings. The van der Waals surface area contributed by atoms with E-state index >= 15 is 0 Å². The van der Waals surface area contributed by atoms with Crippen LogP contribution in [0.5, 0.6) is 0 Å². The van der Waals surface area contributed by atoms with Crippen LogP contribution in [0.15, 0.2) is 24.3 Å². The van der Waals surface area contributed by atoms with Crippen molar-refractivity contribution in [3.05, 3.63) is 29.8 Å². The fraction of sp³-hybridized carbons (Fsp3) is 0.417. The highest BCUT2D eigenvalue weighted by Gasteiger charge is 2.47. The van der Waals surface area contributed by atoms with Gasteiger partial charge in [-0.2, -0.15) is 0 Å². The van der Waals surface area contributed by atoms with E-state index in [0.717, 1.165) is 12.7 Å². The predicted octanol–water partition coefficient (Wildman–Crippen LogP) is 1.56. The predicted molar refractivity (Wildman–Crippen MR) is 68.1 cm³/mol. The lowest BCUT2D eigenvalue weighted by Gasteiger charge is -2.39. The largest absolute Gasteiger partial charge is 0.481 e. The summed E-state index contributed by atoms with van der Waals surface area (Å²) in [7, 11) is -3.41. The van der Waals surface area contributed by atoms with Crippen molar-refractivity contribution in [2.24, 2.45) is 0 Å². The molecule has 0 atom stereocenters. The Morgan fingerprint density at radius 1 is 1.33 bits per heavy atom. The molecule has 1 aromatic carbocycles. The highest BCUT2D eigenvalue weighted by Crippen LogP contribution is 2.46. The summed E-state index contributed by atoms with van der Waals surface area (Å²) in [5.74, 6) is -0.892. The number of aliphatic carboxylic acids is 1. The molecule has 1 saturated carbocycles. The molecule has 18 heavy (non-hydrogen) atoms. The van der Waals surface area contributed by atoms with E-state index in [1.54, 1.807) is 24.3 Å². The fourth-order valence-electron chi connectivity index (χ4n) is 2.32. The summed E-state index contributed by atoms with van der Waals surface area (Å²) in [6.07, 6.45) is 2.99.